The Morgan fingerprint density at radius 2 is 1.97 bits per heavy atom. The minimum Gasteiger partial charge on any atom is -0.362 e. The van der Waals surface area contributed by atoms with Crippen molar-refractivity contribution in [3.8, 4) is 11.3 Å². The number of anilines is 2. The second-order valence-corrected chi connectivity index (χ2v) is 9.96. The van der Waals surface area contributed by atoms with Crippen LogP contribution in [0.5, 0.6) is 0 Å². The van der Waals surface area contributed by atoms with Crippen LogP contribution < -0.4 is 9.62 Å². The summed E-state index contributed by atoms with van der Waals surface area (Å²) in [6, 6.07) is 14.8. The molecular formula is C25H21FN4O4S. The molecule has 0 bridgehead atoms. The molecule has 0 atom stereocenters. The average Bonchev–Trinajstić information content (AvgIpc) is 2.84. The third kappa shape index (κ3) is 4.58. The molecule has 0 spiro atoms. The molecule has 178 valence electrons. The molecular weight excluding hydrogens is 471 g/mol. The Bertz CT molecular complexity index is 1560. The van der Waals surface area contributed by atoms with E-state index in [0.717, 1.165) is 38.1 Å². The van der Waals surface area contributed by atoms with Crippen LogP contribution in [-0.2, 0) is 14.8 Å². The first-order valence-electron chi connectivity index (χ1n) is 10.8. The molecule has 1 fully saturated rings. The lowest BCUT2D eigenvalue weighted by atomic mass is 10.0. The van der Waals surface area contributed by atoms with Gasteiger partial charge < -0.3 is 10.1 Å². The standard InChI is InChI=1S/C25H21FN4O4S/c1-16-2-4-18(12-21(16)24-7-3-17-14-27-9-8-23(17)29-24)28-25(31)20-6-5-19(13-22(20)26)30-10-11-34-15-35(30,32)33/h2-9,12-14H,10-11,15H2,1H3,(H,28,31). The lowest BCUT2D eigenvalue weighted by Gasteiger charge is -2.28. The summed E-state index contributed by atoms with van der Waals surface area (Å²) in [5.74, 6) is -1.93. The number of hydrogen-bond donors (Lipinski definition) is 1. The number of ether oxygens (including phenoxy) is 1. The van der Waals surface area contributed by atoms with Gasteiger partial charge in [-0.3, -0.25) is 14.1 Å². The van der Waals surface area contributed by atoms with Crippen molar-refractivity contribution in [2.45, 2.75) is 6.92 Å². The first-order chi connectivity index (χ1) is 16.8. The zero-order valence-corrected chi connectivity index (χ0v) is 19.5. The maximum Gasteiger partial charge on any atom is 0.259 e. The molecule has 1 amide bonds. The third-order valence-corrected chi connectivity index (χ3v) is 7.28. The number of fused-ring (bicyclic) bond motifs is 1. The van der Waals surface area contributed by atoms with Crippen molar-refractivity contribution in [3.63, 3.8) is 0 Å². The number of aryl methyl sites for hydroxylation is 1. The minimum absolute atomic E-state index is 0.0821. The molecule has 0 unspecified atom stereocenters. The lowest BCUT2D eigenvalue weighted by molar-refractivity contribution is 0.102. The number of carbonyl (C=O) groups is 1. The number of benzene rings is 2. The van der Waals surface area contributed by atoms with Gasteiger partial charge in [0.05, 0.1) is 35.6 Å². The molecule has 2 aromatic carbocycles. The van der Waals surface area contributed by atoms with Gasteiger partial charge >= 0.3 is 0 Å². The Labute approximate surface area is 201 Å². The highest BCUT2D eigenvalue weighted by Gasteiger charge is 2.27. The van der Waals surface area contributed by atoms with Gasteiger partial charge in [-0.05, 0) is 61.0 Å². The Morgan fingerprint density at radius 1 is 1.11 bits per heavy atom. The first kappa shape index (κ1) is 22.9. The van der Waals surface area contributed by atoms with Crippen molar-refractivity contribution in [3.05, 3.63) is 83.9 Å². The Kier molecular flexibility index (Phi) is 5.91. The van der Waals surface area contributed by atoms with Gasteiger partial charge in [0.2, 0.25) is 0 Å². The van der Waals surface area contributed by atoms with Crippen LogP contribution in [0.25, 0.3) is 22.2 Å². The fourth-order valence-corrected chi connectivity index (χ4v) is 5.18. The molecule has 2 aromatic heterocycles. The summed E-state index contributed by atoms with van der Waals surface area (Å²) < 4.78 is 45.3. The molecule has 8 nitrogen and oxygen atoms in total. The number of nitrogens with zero attached hydrogens (tertiary/aromatic N) is 3. The van der Waals surface area contributed by atoms with E-state index < -0.39 is 27.7 Å². The van der Waals surface area contributed by atoms with Crippen LogP contribution in [0, 0.1) is 12.7 Å². The van der Waals surface area contributed by atoms with Crippen LogP contribution in [0.4, 0.5) is 15.8 Å². The van der Waals surface area contributed by atoms with Gasteiger partial charge in [0.15, 0.2) is 5.94 Å². The molecule has 1 saturated heterocycles. The minimum atomic E-state index is -3.69. The highest BCUT2D eigenvalue weighted by atomic mass is 32.2. The molecule has 1 N–H and O–H groups in total. The number of pyridine rings is 2. The van der Waals surface area contributed by atoms with E-state index in [-0.39, 0.29) is 24.4 Å². The van der Waals surface area contributed by atoms with Crippen LogP contribution in [-0.4, -0.2) is 43.4 Å². The number of carbonyl (C=O) groups excluding carboxylic acids is 1. The van der Waals surface area contributed by atoms with Crippen molar-refractivity contribution in [1.82, 2.24) is 9.97 Å². The van der Waals surface area contributed by atoms with E-state index in [1.165, 1.54) is 12.1 Å². The van der Waals surface area contributed by atoms with E-state index in [0.29, 0.717) is 5.69 Å². The van der Waals surface area contributed by atoms with Gasteiger partial charge in [0.1, 0.15) is 5.82 Å². The molecule has 1 aliphatic rings. The molecule has 35 heavy (non-hydrogen) atoms. The second-order valence-electron chi connectivity index (χ2n) is 8.12. The summed E-state index contributed by atoms with van der Waals surface area (Å²) in [6.45, 7) is 2.23. The summed E-state index contributed by atoms with van der Waals surface area (Å²) in [6.07, 6.45) is 3.42. The highest BCUT2D eigenvalue weighted by Crippen LogP contribution is 2.28. The molecule has 0 saturated carbocycles. The Hall–Kier alpha value is -3.89. The van der Waals surface area contributed by atoms with Gasteiger partial charge in [-0.2, -0.15) is 0 Å². The summed E-state index contributed by atoms with van der Waals surface area (Å²) in [7, 11) is -3.69. The number of amides is 1. The van der Waals surface area contributed by atoms with Crippen LogP contribution >= 0.6 is 0 Å². The monoisotopic (exact) mass is 492 g/mol. The zero-order chi connectivity index (χ0) is 24.6. The van der Waals surface area contributed by atoms with E-state index in [1.54, 1.807) is 24.5 Å². The second kappa shape index (κ2) is 9.05. The third-order valence-electron chi connectivity index (χ3n) is 5.75. The van der Waals surface area contributed by atoms with Crippen molar-refractivity contribution in [2.24, 2.45) is 0 Å². The highest BCUT2D eigenvalue weighted by molar-refractivity contribution is 7.92. The summed E-state index contributed by atoms with van der Waals surface area (Å²) >= 11 is 0. The van der Waals surface area contributed by atoms with Crippen molar-refractivity contribution in [1.29, 1.82) is 0 Å². The summed E-state index contributed by atoms with van der Waals surface area (Å²) in [5, 5.41) is 3.64. The number of aromatic nitrogens is 2. The van der Waals surface area contributed by atoms with Gasteiger partial charge in [0.25, 0.3) is 15.9 Å². The van der Waals surface area contributed by atoms with Gasteiger partial charge in [-0.1, -0.05) is 6.07 Å². The van der Waals surface area contributed by atoms with Crippen LogP contribution in [0.3, 0.4) is 0 Å². The van der Waals surface area contributed by atoms with Crippen LogP contribution in [0.1, 0.15) is 15.9 Å². The molecule has 1 aliphatic heterocycles. The largest absolute Gasteiger partial charge is 0.362 e. The summed E-state index contributed by atoms with van der Waals surface area (Å²) in [5.41, 5.74) is 3.76. The molecule has 0 aliphatic carbocycles. The fourth-order valence-electron chi connectivity index (χ4n) is 3.94. The smallest absolute Gasteiger partial charge is 0.259 e. The number of nitrogens with one attached hydrogen (secondary N) is 1. The zero-order valence-electron chi connectivity index (χ0n) is 18.7. The van der Waals surface area contributed by atoms with E-state index in [2.05, 4.69) is 15.3 Å². The maximum atomic E-state index is 14.8. The van der Waals surface area contributed by atoms with E-state index in [9.17, 15) is 17.6 Å². The Balaban J connectivity index is 1.40. The van der Waals surface area contributed by atoms with Gasteiger partial charge in [0, 0.05) is 29.0 Å². The maximum absolute atomic E-state index is 14.8. The quantitative estimate of drug-likeness (QED) is 0.460. The molecule has 0 radical (unpaired) electrons. The molecule has 4 aromatic rings. The molecule has 5 rings (SSSR count). The SMILES string of the molecule is Cc1ccc(NC(=O)c2ccc(N3CCOCS3(=O)=O)cc2F)cc1-c1ccc2cnccc2n1. The van der Waals surface area contributed by atoms with Crippen LogP contribution in [0.2, 0.25) is 0 Å². The first-order valence-corrected chi connectivity index (χ1v) is 12.4. The van der Waals surface area contributed by atoms with Crippen molar-refractivity contribution >= 4 is 38.2 Å². The fraction of sp³-hybridized carbons (Fsp3) is 0.160. The van der Waals surface area contributed by atoms with Gasteiger partial charge in [-0.25, -0.2) is 17.8 Å². The molecule has 3 heterocycles. The average molecular weight is 493 g/mol. The lowest BCUT2D eigenvalue weighted by Crippen LogP contribution is -2.41. The number of halogens is 1. The topological polar surface area (TPSA) is 101 Å². The van der Waals surface area contributed by atoms with E-state index >= 15 is 0 Å². The van der Waals surface area contributed by atoms with E-state index in [1.807, 2.05) is 31.2 Å². The van der Waals surface area contributed by atoms with Crippen LogP contribution in [0.15, 0.2) is 67.0 Å². The van der Waals surface area contributed by atoms with Gasteiger partial charge in [-0.15, -0.1) is 0 Å². The number of rotatable bonds is 4. The van der Waals surface area contributed by atoms with Crippen molar-refractivity contribution < 1.29 is 22.3 Å². The predicted molar refractivity (Wildman–Crippen MR) is 131 cm³/mol. The van der Waals surface area contributed by atoms with E-state index in [4.69, 9.17) is 4.74 Å². The summed E-state index contributed by atoms with van der Waals surface area (Å²) in [4.78, 5) is 21.6. The predicted octanol–water partition coefficient (Wildman–Crippen LogP) is 4.12. The van der Waals surface area contributed by atoms with Crippen molar-refractivity contribution in [2.75, 3.05) is 28.7 Å². The number of hydrogen-bond acceptors (Lipinski definition) is 6. The normalized spacial score (nSPS) is 15.2. The number of sulfonamides is 1. The Morgan fingerprint density at radius 3 is 2.77 bits per heavy atom. The molecule has 10 heteroatoms.